The van der Waals surface area contributed by atoms with Gasteiger partial charge in [-0.2, -0.15) is 0 Å². The van der Waals surface area contributed by atoms with Gasteiger partial charge in [-0.3, -0.25) is 4.79 Å². The fourth-order valence-corrected chi connectivity index (χ4v) is 1.79. The van der Waals surface area contributed by atoms with Crippen LogP contribution in [0.2, 0.25) is 5.02 Å². The molecule has 64 valence electrons. The molecule has 1 rings (SSSR count). The fraction of sp³-hybridized carbons (Fsp3) is 0.125. The van der Waals surface area contributed by atoms with E-state index in [-0.39, 0.29) is 4.45 Å². The Bertz CT molecular complexity index is 312. The largest absolute Gasteiger partial charge is 0.274 e. The Balaban J connectivity index is 2.89. The van der Waals surface area contributed by atoms with Gasteiger partial charge in [0.15, 0.2) is 0 Å². The number of hydrogen-bond donors (Lipinski definition) is 1. The second kappa shape index (κ2) is 4.21. The van der Waals surface area contributed by atoms with Crippen LogP contribution in [0.15, 0.2) is 23.1 Å². The molecule has 12 heavy (non-hydrogen) atoms. The van der Waals surface area contributed by atoms with Crippen LogP contribution in [0.3, 0.4) is 0 Å². The molecule has 0 aliphatic heterocycles. The lowest BCUT2D eigenvalue weighted by Crippen LogP contribution is -1.79. The zero-order valence-corrected chi connectivity index (χ0v) is 8.84. The molecule has 0 radical (unpaired) electrons. The maximum atomic E-state index is 10.6. The summed E-state index contributed by atoms with van der Waals surface area (Å²) in [6.07, 6.45) is 0. The SMILES string of the molecule is Cc1cc(SC(=O)S)ccc1Cl. The number of thioether (sulfide) groups is 1. The quantitative estimate of drug-likeness (QED) is 0.571. The summed E-state index contributed by atoms with van der Waals surface area (Å²) >= 11 is 10.6. The minimum absolute atomic E-state index is 0.211. The summed E-state index contributed by atoms with van der Waals surface area (Å²) in [6, 6.07) is 5.44. The number of rotatable bonds is 1. The Morgan fingerprint density at radius 3 is 2.75 bits per heavy atom. The van der Waals surface area contributed by atoms with Gasteiger partial charge in [-0.25, -0.2) is 0 Å². The Morgan fingerprint density at radius 1 is 1.58 bits per heavy atom. The fourth-order valence-electron chi connectivity index (χ4n) is 0.781. The van der Waals surface area contributed by atoms with E-state index in [1.165, 1.54) is 0 Å². The summed E-state index contributed by atoms with van der Waals surface area (Å²) in [6.45, 7) is 1.90. The zero-order valence-electron chi connectivity index (χ0n) is 6.37. The van der Waals surface area contributed by atoms with E-state index in [2.05, 4.69) is 12.6 Å². The summed E-state index contributed by atoms with van der Waals surface area (Å²) in [5.74, 6) is 0. The first-order valence-corrected chi connectivity index (χ1v) is 4.90. The highest BCUT2D eigenvalue weighted by Gasteiger charge is 2.01. The molecule has 0 saturated heterocycles. The lowest BCUT2D eigenvalue weighted by molar-refractivity contribution is 0.277. The molecule has 0 unspecified atom stereocenters. The monoisotopic (exact) mass is 218 g/mol. The molecular weight excluding hydrogens is 212 g/mol. The van der Waals surface area contributed by atoms with Crippen LogP contribution in [0, 0.1) is 6.92 Å². The van der Waals surface area contributed by atoms with Gasteiger partial charge in [-0.05, 0) is 42.4 Å². The van der Waals surface area contributed by atoms with Crippen LogP contribution in [0.1, 0.15) is 5.56 Å². The van der Waals surface area contributed by atoms with Gasteiger partial charge in [0.2, 0.25) is 4.45 Å². The molecule has 0 atom stereocenters. The number of carbonyl (C=O) groups excluding carboxylic acids is 1. The van der Waals surface area contributed by atoms with Crippen molar-refractivity contribution in [3.63, 3.8) is 0 Å². The first-order valence-electron chi connectivity index (χ1n) is 3.26. The molecule has 0 amide bonds. The van der Waals surface area contributed by atoms with Crippen LogP contribution in [0.25, 0.3) is 0 Å². The van der Waals surface area contributed by atoms with E-state index in [1.807, 2.05) is 13.0 Å². The van der Waals surface area contributed by atoms with E-state index >= 15 is 0 Å². The number of halogens is 1. The van der Waals surface area contributed by atoms with E-state index in [4.69, 9.17) is 11.6 Å². The molecule has 1 aromatic rings. The van der Waals surface area contributed by atoms with Crippen LogP contribution in [0.4, 0.5) is 4.79 Å². The third kappa shape index (κ3) is 2.73. The Labute approximate surface area is 85.9 Å². The van der Waals surface area contributed by atoms with E-state index in [0.717, 1.165) is 22.2 Å². The van der Waals surface area contributed by atoms with E-state index in [0.29, 0.717) is 5.02 Å². The molecule has 0 aromatic heterocycles. The third-order valence-electron chi connectivity index (χ3n) is 1.33. The smallest absolute Gasteiger partial charge is 0.247 e. The molecule has 1 aromatic carbocycles. The summed E-state index contributed by atoms with van der Waals surface area (Å²) in [5, 5.41) is 0.714. The highest BCUT2D eigenvalue weighted by atomic mass is 35.5. The van der Waals surface area contributed by atoms with E-state index in [1.54, 1.807) is 12.1 Å². The molecule has 0 spiro atoms. The van der Waals surface area contributed by atoms with Crippen molar-refractivity contribution >= 4 is 40.4 Å². The van der Waals surface area contributed by atoms with E-state index in [9.17, 15) is 4.79 Å². The summed E-state index contributed by atoms with van der Waals surface area (Å²) < 4.78 is -0.211. The van der Waals surface area contributed by atoms with Gasteiger partial charge in [0.05, 0.1) is 0 Å². The van der Waals surface area contributed by atoms with Gasteiger partial charge in [-0.1, -0.05) is 24.2 Å². The number of carbonyl (C=O) groups is 1. The van der Waals surface area contributed by atoms with E-state index < -0.39 is 0 Å². The third-order valence-corrected chi connectivity index (χ3v) is 2.70. The second-order valence-corrected chi connectivity index (χ2v) is 4.44. The van der Waals surface area contributed by atoms with Crippen molar-refractivity contribution in [2.45, 2.75) is 11.8 Å². The first kappa shape index (κ1) is 9.96. The van der Waals surface area contributed by atoms with Gasteiger partial charge >= 0.3 is 0 Å². The maximum absolute atomic E-state index is 10.6. The average molecular weight is 219 g/mol. The number of aryl methyl sites for hydroxylation is 1. The molecule has 0 saturated carbocycles. The molecule has 0 heterocycles. The molecular formula is C8H7ClOS2. The predicted molar refractivity (Wildman–Crippen MR) is 56.4 cm³/mol. The minimum Gasteiger partial charge on any atom is -0.274 e. The molecule has 0 N–H and O–H groups in total. The lowest BCUT2D eigenvalue weighted by atomic mass is 10.2. The van der Waals surface area contributed by atoms with Gasteiger partial charge < -0.3 is 0 Å². The maximum Gasteiger partial charge on any atom is 0.247 e. The zero-order chi connectivity index (χ0) is 9.14. The molecule has 0 aliphatic rings. The van der Waals surface area contributed by atoms with Crippen molar-refractivity contribution in [2.24, 2.45) is 0 Å². The first-order chi connectivity index (χ1) is 5.59. The standard InChI is InChI=1S/C8H7ClOS2/c1-5-4-6(12-8(10)11)2-3-7(5)9/h2-4H,1H3,(H,10,11). The second-order valence-electron chi connectivity index (χ2n) is 2.28. The van der Waals surface area contributed by atoms with Crippen molar-refractivity contribution in [2.75, 3.05) is 0 Å². The van der Waals surface area contributed by atoms with Crippen LogP contribution in [0.5, 0.6) is 0 Å². The summed E-state index contributed by atoms with van der Waals surface area (Å²) in [7, 11) is 0. The van der Waals surface area contributed by atoms with Crippen molar-refractivity contribution < 1.29 is 4.79 Å². The Hall–Kier alpha value is -0.120. The van der Waals surface area contributed by atoms with Gasteiger partial charge in [0.1, 0.15) is 0 Å². The summed E-state index contributed by atoms with van der Waals surface area (Å²) in [5.41, 5.74) is 0.969. The lowest BCUT2D eigenvalue weighted by Gasteiger charge is -2.00. The summed E-state index contributed by atoms with van der Waals surface area (Å²) in [4.78, 5) is 11.5. The van der Waals surface area contributed by atoms with Crippen LogP contribution >= 0.6 is 36.0 Å². The molecule has 0 bridgehead atoms. The average Bonchev–Trinajstić information content (AvgIpc) is 1.96. The van der Waals surface area contributed by atoms with Crippen molar-refractivity contribution in [3.8, 4) is 0 Å². The normalized spacial score (nSPS) is 9.92. The van der Waals surface area contributed by atoms with Crippen LogP contribution in [-0.2, 0) is 0 Å². The van der Waals surface area contributed by atoms with Crippen LogP contribution in [-0.4, -0.2) is 4.45 Å². The molecule has 0 fully saturated rings. The number of thiol groups is 1. The van der Waals surface area contributed by atoms with Gasteiger partial charge in [0, 0.05) is 9.92 Å². The van der Waals surface area contributed by atoms with Gasteiger partial charge in [0.25, 0.3) is 0 Å². The Morgan fingerprint density at radius 2 is 2.25 bits per heavy atom. The minimum atomic E-state index is -0.211. The number of benzene rings is 1. The predicted octanol–water partition coefficient (Wildman–Crippen LogP) is 3.79. The topological polar surface area (TPSA) is 17.1 Å². The van der Waals surface area contributed by atoms with Crippen molar-refractivity contribution in [3.05, 3.63) is 28.8 Å². The van der Waals surface area contributed by atoms with Gasteiger partial charge in [-0.15, -0.1) is 0 Å². The van der Waals surface area contributed by atoms with Crippen molar-refractivity contribution in [1.29, 1.82) is 0 Å². The number of hydrogen-bond acceptors (Lipinski definition) is 2. The molecule has 1 nitrogen and oxygen atoms in total. The molecule has 4 heteroatoms. The van der Waals surface area contributed by atoms with Crippen molar-refractivity contribution in [1.82, 2.24) is 0 Å². The highest BCUT2D eigenvalue weighted by Crippen LogP contribution is 2.25. The van der Waals surface area contributed by atoms with Crippen LogP contribution < -0.4 is 0 Å². The molecule has 0 aliphatic carbocycles. The highest BCUT2D eigenvalue weighted by molar-refractivity contribution is 8.32. The Kier molecular flexibility index (Phi) is 3.50.